The van der Waals surface area contributed by atoms with Gasteiger partial charge in [0.05, 0.1) is 18.9 Å². The van der Waals surface area contributed by atoms with Crippen LogP contribution in [0.2, 0.25) is 0 Å². The number of carboxylic acids is 2. The predicted molar refractivity (Wildman–Crippen MR) is 113 cm³/mol. The molecule has 0 bridgehead atoms. The number of nitrogens with two attached hydrogens (primary N) is 2. The molecule has 0 aromatic heterocycles. The summed E-state index contributed by atoms with van der Waals surface area (Å²) in [6, 6.07) is -4.84. The smallest absolute Gasteiger partial charge is 0.326 e. The third kappa shape index (κ3) is 10.3. The van der Waals surface area contributed by atoms with Crippen molar-refractivity contribution < 1.29 is 39.0 Å². The van der Waals surface area contributed by atoms with E-state index in [-0.39, 0.29) is 6.42 Å². The first kappa shape index (κ1) is 27.8. The van der Waals surface area contributed by atoms with Crippen LogP contribution in [0, 0.1) is 0 Å². The first-order valence-corrected chi connectivity index (χ1v) is 10.6. The van der Waals surface area contributed by atoms with E-state index in [1.54, 1.807) is 0 Å². The molecule has 1 fully saturated rings. The van der Waals surface area contributed by atoms with Crippen LogP contribution in [0.15, 0.2) is 0 Å². The number of nitrogens with one attached hydrogen (secondary N) is 4. The summed E-state index contributed by atoms with van der Waals surface area (Å²) in [6.07, 6.45) is 0.916. The second kappa shape index (κ2) is 14.0. The number of hydrogen-bond donors (Lipinski definition) is 8. The Morgan fingerprint density at radius 1 is 0.909 bits per heavy atom. The Morgan fingerprint density at radius 3 is 2.06 bits per heavy atom. The van der Waals surface area contributed by atoms with Crippen molar-refractivity contribution in [1.29, 1.82) is 0 Å². The Labute approximate surface area is 190 Å². The van der Waals surface area contributed by atoms with Crippen molar-refractivity contribution in [2.24, 2.45) is 11.5 Å². The van der Waals surface area contributed by atoms with Gasteiger partial charge in [-0.3, -0.25) is 24.0 Å². The molecule has 0 aromatic rings. The van der Waals surface area contributed by atoms with Crippen LogP contribution in [0.4, 0.5) is 0 Å². The molecule has 1 heterocycles. The molecule has 0 aliphatic carbocycles. The van der Waals surface area contributed by atoms with E-state index in [2.05, 4.69) is 21.3 Å². The van der Waals surface area contributed by atoms with E-state index in [1.807, 2.05) is 0 Å². The van der Waals surface area contributed by atoms with Crippen molar-refractivity contribution in [3.8, 4) is 0 Å². The van der Waals surface area contributed by atoms with Crippen LogP contribution in [0.25, 0.3) is 0 Å². The van der Waals surface area contributed by atoms with Crippen molar-refractivity contribution in [3.05, 3.63) is 0 Å². The van der Waals surface area contributed by atoms with Crippen LogP contribution in [-0.2, 0) is 28.8 Å². The fourth-order valence-corrected chi connectivity index (χ4v) is 3.27. The summed E-state index contributed by atoms with van der Waals surface area (Å²) in [5.74, 6) is -6.12. The minimum absolute atomic E-state index is 0.0651. The molecule has 186 valence electrons. The number of primary amides is 1. The van der Waals surface area contributed by atoms with Crippen LogP contribution >= 0.6 is 0 Å². The van der Waals surface area contributed by atoms with Gasteiger partial charge in [0.15, 0.2) is 0 Å². The van der Waals surface area contributed by atoms with E-state index in [1.165, 1.54) is 0 Å². The molecule has 1 aliphatic heterocycles. The van der Waals surface area contributed by atoms with Gasteiger partial charge in [-0.15, -0.1) is 0 Å². The second-order valence-electron chi connectivity index (χ2n) is 7.72. The summed E-state index contributed by atoms with van der Waals surface area (Å²) in [5.41, 5.74) is 10.6. The average Bonchev–Trinajstić information content (AvgIpc) is 3.26. The highest BCUT2D eigenvalue weighted by Crippen LogP contribution is 2.07. The molecule has 14 heteroatoms. The van der Waals surface area contributed by atoms with Gasteiger partial charge in [-0.2, -0.15) is 0 Å². The van der Waals surface area contributed by atoms with E-state index >= 15 is 0 Å². The summed E-state index contributed by atoms with van der Waals surface area (Å²) >= 11 is 0. The number of aliphatic carboxylic acids is 2. The number of hydrogen-bond acceptors (Lipinski definition) is 8. The third-order valence-electron chi connectivity index (χ3n) is 4.99. The molecular formula is C19H32N6O8. The van der Waals surface area contributed by atoms with Crippen LogP contribution < -0.4 is 32.7 Å². The molecule has 4 unspecified atom stereocenters. The third-order valence-corrected chi connectivity index (χ3v) is 4.99. The molecule has 0 spiro atoms. The average molecular weight is 472 g/mol. The minimum Gasteiger partial charge on any atom is -0.481 e. The maximum Gasteiger partial charge on any atom is 0.326 e. The van der Waals surface area contributed by atoms with Gasteiger partial charge in [-0.25, -0.2) is 4.79 Å². The van der Waals surface area contributed by atoms with E-state index in [9.17, 15) is 28.8 Å². The molecule has 0 aromatic carbocycles. The topological polar surface area (TPSA) is 243 Å². The molecule has 1 aliphatic rings. The van der Waals surface area contributed by atoms with Gasteiger partial charge < -0.3 is 42.9 Å². The zero-order valence-electron chi connectivity index (χ0n) is 18.2. The molecule has 0 radical (unpaired) electrons. The predicted octanol–water partition coefficient (Wildman–Crippen LogP) is -3.24. The number of rotatable bonds is 15. The molecule has 4 atom stereocenters. The second-order valence-corrected chi connectivity index (χ2v) is 7.72. The minimum atomic E-state index is -1.71. The van der Waals surface area contributed by atoms with Crippen molar-refractivity contribution in [2.75, 3.05) is 13.1 Å². The highest BCUT2D eigenvalue weighted by molar-refractivity contribution is 5.96. The SMILES string of the molecule is NCCCCC(NC(=O)C(CC(N)=O)NC(=O)C1CCCN1)C(=O)NC(CC(=O)O)C(=O)O. The Kier molecular flexibility index (Phi) is 11.8. The number of carboxylic acid groups (broad SMARTS) is 2. The van der Waals surface area contributed by atoms with Crippen LogP contribution in [0.3, 0.4) is 0 Å². The van der Waals surface area contributed by atoms with E-state index in [0.717, 1.165) is 6.42 Å². The zero-order chi connectivity index (χ0) is 25.0. The molecule has 14 nitrogen and oxygen atoms in total. The van der Waals surface area contributed by atoms with Crippen molar-refractivity contribution >= 4 is 35.6 Å². The number of carbonyl (C=O) groups is 6. The number of amides is 4. The fraction of sp³-hybridized carbons (Fsp3) is 0.684. The van der Waals surface area contributed by atoms with E-state index in [0.29, 0.717) is 32.4 Å². The van der Waals surface area contributed by atoms with Gasteiger partial charge in [0.2, 0.25) is 23.6 Å². The highest BCUT2D eigenvalue weighted by atomic mass is 16.4. The summed E-state index contributed by atoms with van der Waals surface area (Å²) in [7, 11) is 0. The van der Waals surface area contributed by atoms with Crippen LogP contribution in [0.1, 0.15) is 44.9 Å². The molecule has 33 heavy (non-hydrogen) atoms. The molecular weight excluding hydrogens is 440 g/mol. The summed E-state index contributed by atoms with van der Waals surface area (Å²) in [4.78, 5) is 71.4. The lowest BCUT2D eigenvalue weighted by Crippen LogP contribution is -2.57. The molecule has 4 amide bonds. The summed E-state index contributed by atoms with van der Waals surface area (Å²) in [6.45, 7) is 0.947. The van der Waals surface area contributed by atoms with Gasteiger partial charge in [0, 0.05) is 0 Å². The summed E-state index contributed by atoms with van der Waals surface area (Å²) in [5, 5.41) is 27.9. The largest absolute Gasteiger partial charge is 0.481 e. The van der Waals surface area contributed by atoms with Crippen LogP contribution in [0.5, 0.6) is 0 Å². The Morgan fingerprint density at radius 2 is 1.55 bits per heavy atom. The maximum absolute atomic E-state index is 12.8. The van der Waals surface area contributed by atoms with Gasteiger partial charge in [0.1, 0.15) is 18.1 Å². The molecule has 10 N–H and O–H groups in total. The molecule has 0 saturated carbocycles. The lowest BCUT2D eigenvalue weighted by Gasteiger charge is -2.24. The standard InChI is InChI=1S/C19H32N6O8/c20-6-2-1-4-11(17(30)25-13(19(32)33)9-15(27)28)23-18(31)12(8-14(21)26)24-16(29)10-5-3-7-22-10/h10-13,22H,1-9,20H2,(H2,21,26)(H,23,31)(H,24,29)(H,25,30)(H,27,28)(H,32,33). The van der Waals surface area contributed by atoms with E-state index in [4.69, 9.17) is 21.7 Å². The zero-order valence-corrected chi connectivity index (χ0v) is 18.2. The fourth-order valence-electron chi connectivity index (χ4n) is 3.27. The quantitative estimate of drug-likeness (QED) is 0.111. The van der Waals surface area contributed by atoms with Gasteiger partial charge in [-0.05, 0) is 45.2 Å². The Bertz CT molecular complexity index is 740. The first-order chi connectivity index (χ1) is 15.5. The Balaban J connectivity index is 2.93. The van der Waals surface area contributed by atoms with Gasteiger partial charge >= 0.3 is 11.9 Å². The molecule has 1 saturated heterocycles. The number of carbonyl (C=O) groups excluding carboxylic acids is 4. The van der Waals surface area contributed by atoms with Crippen LogP contribution in [-0.4, -0.2) is 83.0 Å². The van der Waals surface area contributed by atoms with Crippen molar-refractivity contribution in [1.82, 2.24) is 21.3 Å². The maximum atomic E-state index is 12.8. The van der Waals surface area contributed by atoms with Gasteiger partial charge in [-0.1, -0.05) is 0 Å². The highest BCUT2D eigenvalue weighted by Gasteiger charge is 2.32. The van der Waals surface area contributed by atoms with E-state index < -0.39 is 72.6 Å². The molecule has 1 rings (SSSR count). The lowest BCUT2D eigenvalue weighted by molar-refractivity contribution is -0.147. The monoisotopic (exact) mass is 472 g/mol. The lowest BCUT2D eigenvalue weighted by atomic mass is 10.1. The first-order valence-electron chi connectivity index (χ1n) is 10.6. The summed E-state index contributed by atoms with van der Waals surface area (Å²) < 4.78 is 0. The Hall–Kier alpha value is -3.26. The van der Waals surface area contributed by atoms with Gasteiger partial charge in [0.25, 0.3) is 0 Å². The normalized spacial score (nSPS) is 17.9. The van der Waals surface area contributed by atoms with Crippen molar-refractivity contribution in [3.63, 3.8) is 0 Å². The van der Waals surface area contributed by atoms with Crippen molar-refractivity contribution in [2.45, 2.75) is 69.1 Å². The number of unbranched alkanes of at least 4 members (excludes halogenated alkanes) is 1.